The number of nitrogens with one attached hydrogen (secondary N) is 2. The van der Waals surface area contributed by atoms with Gasteiger partial charge in [-0.15, -0.1) is 0 Å². The average Bonchev–Trinajstić information content (AvgIpc) is 2.78. The Labute approximate surface area is 198 Å². The highest BCUT2D eigenvalue weighted by Crippen LogP contribution is 2.15. The molecule has 1 aliphatic rings. The second-order valence-corrected chi connectivity index (χ2v) is 7.98. The van der Waals surface area contributed by atoms with E-state index in [1.807, 2.05) is 36.4 Å². The lowest BCUT2D eigenvalue weighted by Crippen LogP contribution is -2.55. The van der Waals surface area contributed by atoms with Crippen molar-refractivity contribution in [3.05, 3.63) is 36.4 Å². The summed E-state index contributed by atoms with van der Waals surface area (Å²) in [5, 5.41) is 14.2. The molecule has 2 amide bonds. The van der Waals surface area contributed by atoms with Gasteiger partial charge in [0.1, 0.15) is 11.9 Å². The quantitative estimate of drug-likeness (QED) is 0.353. The highest BCUT2D eigenvalue weighted by Gasteiger charge is 2.31. The normalized spacial score (nSPS) is 15.9. The topological polar surface area (TPSA) is 176 Å². The largest absolute Gasteiger partial charge is 0.481 e. The first-order valence-electron chi connectivity index (χ1n) is 11.1. The van der Waals surface area contributed by atoms with E-state index in [9.17, 15) is 9.59 Å². The molecule has 3 rings (SSSR count). The van der Waals surface area contributed by atoms with Gasteiger partial charge < -0.3 is 26.8 Å². The Bertz CT molecular complexity index is 1020. The Morgan fingerprint density at radius 3 is 2.65 bits per heavy atom. The van der Waals surface area contributed by atoms with Gasteiger partial charge in [0.15, 0.2) is 0 Å². The molecule has 34 heavy (non-hydrogen) atoms. The van der Waals surface area contributed by atoms with Crippen molar-refractivity contribution >= 4 is 40.5 Å². The van der Waals surface area contributed by atoms with Gasteiger partial charge in [-0.2, -0.15) is 0 Å². The molecule has 2 heterocycles. The number of carbonyl (C=O) groups excluding carboxylic acids is 2. The van der Waals surface area contributed by atoms with E-state index in [1.54, 1.807) is 7.05 Å². The first-order chi connectivity index (χ1) is 16.2. The third kappa shape index (κ3) is 8.41. The summed E-state index contributed by atoms with van der Waals surface area (Å²) in [6.45, 7) is 1.87. The number of anilines is 1. The van der Waals surface area contributed by atoms with Gasteiger partial charge in [0.05, 0.1) is 12.1 Å². The predicted molar refractivity (Wildman–Crippen MR) is 131 cm³/mol. The van der Waals surface area contributed by atoms with Gasteiger partial charge in [-0.25, -0.2) is 9.98 Å². The number of benzene rings is 1. The van der Waals surface area contributed by atoms with Crippen LogP contribution in [0.3, 0.4) is 0 Å². The Balaban J connectivity index is 0.000000945. The molecule has 0 saturated carbocycles. The number of likely N-dealkylation sites (N-methyl/N-ethyl adjacent to an activating group) is 1. The van der Waals surface area contributed by atoms with Crippen molar-refractivity contribution in [2.24, 2.45) is 16.5 Å². The van der Waals surface area contributed by atoms with E-state index < -0.39 is 12.0 Å². The first-order valence-corrected chi connectivity index (χ1v) is 11.1. The number of aliphatic imine (C=N–C) groups is 1. The number of unbranched alkanes of at least 4 members (excludes halogenated alkanes) is 1. The lowest BCUT2D eigenvalue weighted by molar-refractivity contribution is -0.138. The summed E-state index contributed by atoms with van der Waals surface area (Å²) in [4.78, 5) is 44.4. The van der Waals surface area contributed by atoms with Gasteiger partial charge in [-0.3, -0.25) is 19.7 Å². The number of nitrogens with two attached hydrogens (primary N) is 2. The number of aliphatic carboxylic acids is 1. The van der Waals surface area contributed by atoms with Crippen LogP contribution in [0.1, 0.15) is 32.6 Å². The maximum absolute atomic E-state index is 12.6. The van der Waals surface area contributed by atoms with Crippen LogP contribution in [0.25, 0.3) is 10.9 Å². The summed E-state index contributed by atoms with van der Waals surface area (Å²) in [5.74, 6) is -0.392. The Kier molecular flexibility index (Phi) is 10.4. The standard InChI is InChI=1S/C21H29N7O2.C2H4O2/c1-28(19(29)12-15(23)7-4-5-11-22)17-13-24-21(27-20(17)30)26-18-10-9-14-6-2-3-8-16(14)25-18;1-2(3)4/h2-3,6,8-10,15,17H,4-5,7,11-13,22-23H2,1H3,(H2,24,25,26,27,30);1H3,(H,3,4)/t15-,17?;/m0./s1. The van der Waals surface area contributed by atoms with E-state index in [2.05, 4.69) is 20.6 Å². The number of rotatable bonds is 8. The molecule has 2 atom stereocenters. The molecule has 0 fully saturated rings. The van der Waals surface area contributed by atoms with Crippen LogP contribution in [0.5, 0.6) is 0 Å². The molecule has 1 unspecified atom stereocenters. The molecule has 0 spiro atoms. The van der Waals surface area contributed by atoms with Gasteiger partial charge >= 0.3 is 0 Å². The molecule has 1 aliphatic heterocycles. The van der Waals surface area contributed by atoms with Crippen molar-refractivity contribution in [2.45, 2.75) is 44.7 Å². The number of nitrogens with zero attached hydrogens (tertiary/aromatic N) is 3. The maximum atomic E-state index is 12.6. The van der Waals surface area contributed by atoms with Crippen LogP contribution in [0.2, 0.25) is 0 Å². The maximum Gasteiger partial charge on any atom is 0.300 e. The smallest absolute Gasteiger partial charge is 0.300 e. The number of para-hydroxylation sites is 1. The molecule has 7 N–H and O–H groups in total. The van der Waals surface area contributed by atoms with Crippen molar-refractivity contribution in [2.75, 3.05) is 25.5 Å². The third-order valence-electron chi connectivity index (χ3n) is 5.14. The molecule has 1 aromatic carbocycles. The van der Waals surface area contributed by atoms with Gasteiger partial charge in [0.25, 0.3) is 11.9 Å². The number of carboxylic acid groups (broad SMARTS) is 1. The van der Waals surface area contributed by atoms with Gasteiger partial charge in [0, 0.05) is 31.8 Å². The van der Waals surface area contributed by atoms with Crippen molar-refractivity contribution in [1.82, 2.24) is 15.2 Å². The molecule has 184 valence electrons. The van der Waals surface area contributed by atoms with E-state index in [1.165, 1.54) is 4.90 Å². The van der Waals surface area contributed by atoms with E-state index in [-0.39, 0.29) is 30.8 Å². The minimum atomic E-state index is -0.833. The molecule has 0 saturated heterocycles. The second kappa shape index (κ2) is 13.2. The predicted octanol–water partition coefficient (Wildman–Crippen LogP) is 0.897. The number of hydrogen-bond acceptors (Lipinski definition) is 8. The molecular formula is C23H33N7O4. The van der Waals surface area contributed by atoms with Crippen molar-refractivity contribution in [1.29, 1.82) is 0 Å². The SMILES string of the molecule is CC(=O)O.CN(C(=O)C[C@@H](N)CCCCN)C1CN=C(Nc2ccc3ccccc3n2)NC1=O. The zero-order chi connectivity index (χ0) is 25.1. The molecule has 0 radical (unpaired) electrons. The van der Waals surface area contributed by atoms with E-state index in [0.29, 0.717) is 18.3 Å². The van der Waals surface area contributed by atoms with Crippen LogP contribution in [-0.2, 0) is 14.4 Å². The molecule has 0 bridgehead atoms. The summed E-state index contributed by atoms with van der Waals surface area (Å²) in [6.07, 6.45) is 2.71. The number of pyridine rings is 1. The Morgan fingerprint density at radius 1 is 1.26 bits per heavy atom. The van der Waals surface area contributed by atoms with Crippen LogP contribution in [0.4, 0.5) is 5.82 Å². The molecule has 11 heteroatoms. The number of amides is 2. The molecule has 11 nitrogen and oxygen atoms in total. The van der Waals surface area contributed by atoms with Gasteiger partial charge in [-0.1, -0.05) is 24.6 Å². The van der Waals surface area contributed by atoms with Crippen molar-refractivity contribution < 1.29 is 19.5 Å². The Hall–Kier alpha value is -3.57. The zero-order valence-corrected chi connectivity index (χ0v) is 19.5. The minimum Gasteiger partial charge on any atom is -0.481 e. The molecule has 0 aliphatic carbocycles. The lowest BCUT2D eigenvalue weighted by Gasteiger charge is -2.30. The summed E-state index contributed by atoms with van der Waals surface area (Å²) >= 11 is 0. The summed E-state index contributed by atoms with van der Waals surface area (Å²) < 4.78 is 0. The van der Waals surface area contributed by atoms with E-state index >= 15 is 0 Å². The molecular weight excluding hydrogens is 438 g/mol. The number of carboxylic acids is 1. The van der Waals surface area contributed by atoms with Crippen molar-refractivity contribution in [3.8, 4) is 0 Å². The fourth-order valence-electron chi connectivity index (χ4n) is 3.32. The monoisotopic (exact) mass is 471 g/mol. The fraction of sp³-hybridized carbons (Fsp3) is 0.435. The average molecular weight is 472 g/mol. The minimum absolute atomic E-state index is 0.168. The second-order valence-electron chi connectivity index (χ2n) is 7.98. The van der Waals surface area contributed by atoms with Crippen LogP contribution >= 0.6 is 0 Å². The van der Waals surface area contributed by atoms with Crippen molar-refractivity contribution in [3.63, 3.8) is 0 Å². The summed E-state index contributed by atoms with van der Waals surface area (Å²) in [6, 6.07) is 10.6. The number of hydrogen-bond donors (Lipinski definition) is 5. The zero-order valence-electron chi connectivity index (χ0n) is 19.5. The van der Waals surface area contributed by atoms with Crippen LogP contribution in [-0.4, -0.2) is 71.0 Å². The third-order valence-corrected chi connectivity index (χ3v) is 5.14. The lowest BCUT2D eigenvalue weighted by atomic mass is 10.1. The molecule has 1 aromatic heterocycles. The van der Waals surface area contributed by atoms with Gasteiger partial charge in [-0.05, 0) is 37.6 Å². The summed E-state index contributed by atoms with van der Waals surface area (Å²) in [7, 11) is 1.61. The number of guanidine groups is 1. The highest BCUT2D eigenvalue weighted by atomic mass is 16.4. The van der Waals surface area contributed by atoms with Gasteiger partial charge in [0.2, 0.25) is 11.9 Å². The van der Waals surface area contributed by atoms with E-state index in [0.717, 1.165) is 37.1 Å². The number of aromatic nitrogens is 1. The van der Waals surface area contributed by atoms with Crippen LogP contribution < -0.4 is 22.1 Å². The number of carbonyl (C=O) groups is 3. The highest BCUT2D eigenvalue weighted by molar-refractivity contribution is 6.08. The van der Waals surface area contributed by atoms with Crippen LogP contribution in [0.15, 0.2) is 41.4 Å². The fourth-order valence-corrected chi connectivity index (χ4v) is 3.32. The Morgan fingerprint density at radius 2 is 1.97 bits per heavy atom. The summed E-state index contributed by atoms with van der Waals surface area (Å²) in [5.41, 5.74) is 12.4. The van der Waals surface area contributed by atoms with E-state index in [4.69, 9.17) is 21.4 Å². The first kappa shape index (κ1) is 26.7. The molecule has 2 aromatic rings. The van der Waals surface area contributed by atoms with Crippen LogP contribution in [0, 0.1) is 0 Å². The number of fused-ring (bicyclic) bond motifs is 1.